The molecule has 1 aliphatic heterocycles. The van der Waals surface area contributed by atoms with Gasteiger partial charge in [-0.1, -0.05) is 25.6 Å². The van der Waals surface area contributed by atoms with Gasteiger partial charge in [0.2, 0.25) is 0 Å². The van der Waals surface area contributed by atoms with E-state index in [4.69, 9.17) is 4.74 Å². The Kier molecular flexibility index (Phi) is 4.46. The second kappa shape index (κ2) is 5.21. The number of ether oxygens (including phenoxy) is 1. The summed E-state index contributed by atoms with van der Waals surface area (Å²) in [5, 5.41) is 4.49. The van der Waals surface area contributed by atoms with E-state index in [1.807, 2.05) is 11.8 Å². The number of methoxy groups -OCH3 is 1. The summed E-state index contributed by atoms with van der Waals surface area (Å²) in [6.07, 6.45) is 0. The molecule has 0 spiro atoms. The van der Waals surface area contributed by atoms with Crippen LogP contribution in [0.15, 0.2) is 4.99 Å². The minimum absolute atomic E-state index is 0.0353. The van der Waals surface area contributed by atoms with Crippen LogP contribution in [-0.4, -0.2) is 36.2 Å². The summed E-state index contributed by atoms with van der Waals surface area (Å²) in [6, 6.07) is 0.468. The first-order valence-electron chi connectivity index (χ1n) is 5.42. The molecule has 0 radical (unpaired) electrons. The SMILES string of the molecule is COCC(C)(C)NC1=N[C@@H](C(C)C)CS1. The molecular weight excluding hydrogens is 208 g/mol. The summed E-state index contributed by atoms with van der Waals surface area (Å²) in [4.78, 5) is 4.67. The summed E-state index contributed by atoms with van der Waals surface area (Å²) in [6.45, 7) is 9.39. The lowest BCUT2D eigenvalue weighted by atomic mass is 10.1. The third-order valence-corrected chi connectivity index (χ3v) is 3.38. The second-order valence-electron chi connectivity index (χ2n) is 5.00. The normalized spacial score (nSPS) is 22.0. The molecule has 0 amide bonds. The fourth-order valence-electron chi connectivity index (χ4n) is 1.49. The molecule has 0 saturated heterocycles. The minimum Gasteiger partial charge on any atom is -0.382 e. The largest absolute Gasteiger partial charge is 0.382 e. The number of thioether (sulfide) groups is 1. The van der Waals surface area contributed by atoms with Gasteiger partial charge in [-0.2, -0.15) is 0 Å². The zero-order valence-corrected chi connectivity index (χ0v) is 11.1. The van der Waals surface area contributed by atoms with Gasteiger partial charge >= 0.3 is 0 Å². The van der Waals surface area contributed by atoms with Crippen molar-refractivity contribution >= 4 is 16.9 Å². The third-order valence-electron chi connectivity index (χ3n) is 2.39. The van der Waals surface area contributed by atoms with E-state index in [-0.39, 0.29) is 5.54 Å². The lowest BCUT2D eigenvalue weighted by Crippen LogP contribution is -2.45. The Morgan fingerprint density at radius 3 is 2.73 bits per heavy atom. The fraction of sp³-hybridized carbons (Fsp3) is 0.909. The van der Waals surface area contributed by atoms with E-state index in [2.05, 4.69) is 38.0 Å². The topological polar surface area (TPSA) is 33.6 Å². The first-order chi connectivity index (χ1) is 6.94. The molecule has 88 valence electrons. The van der Waals surface area contributed by atoms with E-state index in [0.717, 1.165) is 10.9 Å². The molecule has 0 aromatic heterocycles. The third kappa shape index (κ3) is 4.03. The van der Waals surface area contributed by atoms with Crippen LogP contribution in [0.1, 0.15) is 27.7 Å². The van der Waals surface area contributed by atoms with Crippen molar-refractivity contribution in [2.45, 2.75) is 39.3 Å². The molecule has 0 aromatic rings. The molecule has 1 heterocycles. The molecule has 0 unspecified atom stereocenters. The number of amidine groups is 1. The van der Waals surface area contributed by atoms with Gasteiger partial charge in [0.15, 0.2) is 5.17 Å². The number of hydrogen-bond acceptors (Lipinski definition) is 4. The van der Waals surface area contributed by atoms with Crippen molar-refractivity contribution in [3.05, 3.63) is 0 Å². The average molecular weight is 230 g/mol. The number of nitrogens with zero attached hydrogens (tertiary/aromatic N) is 1. The van der Waals surface area contributed by atoms with Crippen LogP contribution in [0.3, 0.4) is 0 Å². The van der Waals surface area contributed by atoms with Crippen LogP contribution >= 0.6 is 11.8 Å². The highest BCUT2D eigenvalue weighted by Crippen LogP contribution is 2.23. The van der Waals surface area contributed by atoms with Gasteiger partial charge in [0.05, 0.1) is 18.2 Å². The zero-order chi connectivity index (χ0) is 11.5. The van der Waals surface area contributed by atoms with Gasteiger partial charge in [-0.25, -0.2) is 0 Å². The molecule has 1 rings (SSSR count). The van der Waals surface area contributed by atoms with Crippen molar-refractivity contribution in [2.24, 2.45) is 10.9 Å². The van der Waals surface area contributed by atoms with Crippen LogP contribution in [0.4, 0.5) is 0 Å². The molecule has 4 heteroatoms. The average Bonchev–Trinajstić information content (AvgIpc) is 2.51. The monoisotopic (exact) mass is 230 g/mol. The van der Waals surface area contributed by atoms with Crippen LogP contribution < -0.4 is 5.32 Å². The first-order valence-corrected chi connectivity index (χ1v) is 6.41. The Bertz CT molecular complexity index is 239. The Morgan fingerprint density at radius 1 is 1.60 bits per heavy atom. The maximum Gasteiger partial charge on any atom is 0.157 e. The Morgan fingerprint density at radius 2 is 2.27 bits per heavy atom. The number of nitrogens with one attached hydrogen (secondary N) is 1. The van der Waals surface area contributed by atoms with Crippen LogP contribution in [0.25, 0.3) is 0 Å². The second-order valence-corrected chi connectivity index (χ2v) is 6.01. The molecule has 0 fully saturated rings. The Balaban J connectivity index is 2.49. The van der Waals surface area contributed by atoms with Crippen molar-refractivity contribution in [1.29, 1.82) is 0 Å². The summed E-state index contributed by atoms with van der Waals surface area (Å²) in [5.74, 6) is 1.73. The number of hydrogen-bond donors (Lipinski definition) is 1. The number of rotatable bonds is 4. The Labute approximate surface area is 97.1 Å². The predicted octanol–water partition coefficient (Wildman–Crippen LogP) is 2.13. The molecule has 1 atom stereocenters. The summed E-state index contributed by atoms with van der Waals surface area (Å²) >= 11 is 1.81. The van der Waals surface area contributed by atoms with Gasteiger partial charge in [0.1, 0.15) is 0 Å². The quantitative estimate of drug-likeness (QED) is 0.803. The maximum atomic E-state index is 5.16. The predicted molar refractivity (Wildman–Crippen MR) is 67.6 cm³/mol. The summed E-state index contributed by atoms with van der Waals surface area (Å²) in [5.41, 5.74) is -0.0353. The van der Waals surface area contributed by atoms with Crippen LogP contribution in [0.2, 0.25) is 0 Å². The van der Waals surface area contributed by atoms with E-state index in [9.17, 15) is 0 Å². The van der Waals surface area contributed by atoms with Gasteiger partial charge in [0.25, 0.3) is 0 Å². The van der Waals surface area contributed by atoms with Crippen LogP contribution in [0, 0.1) is 5.92 Å². The van der Waals surface area contributed by atoms with Gasteiger partial charge in [-0.15, -0.1) is 0 Å². The van der Waals surface area contributed by atoms with Crippen molar-refractivity contribution in [3.8, 4) is 0 Å². The highest BCUT2D eigenvalue weighted by molar-refractivity contribution is 8.14. The molecule has 1 aliphatic rings. The lowest BCUT2D eigenvalue weighted by molar-refractivity contribution is 0.140. The highest BCUT2D eigenvalue weighted by atomic mass is 32.2. The van der Waals surface area contributed by atoms with Crippen LogP contribution in [-0.2, 0) is 4.74 Å². The van der Waals surface area contributed by atoms with E-state index in [1.54, 1.807) is 7.11 Å². The van der Waals surface area contributed by atoms with Crippen molar-refractivity contribution in [3.63, 3.8) is 0 Å². The molecule has 1 N–H and O–H groups in total. The number of aliphatic imine (C=N–C) groups is 1. The molecule has 3 nitrogen and oxygen atoms in total. The van der Waals surface area contributed by atoms with Gasteiger partial charge in [-0.05, 0) is 19.8 Å². The molecular formula is C11H22N2OS. The van der Waals surface area contributed by atoms with Crippen molar-refractivity contribution < 1.29 is 4.74 Å². The van der Waals surface area contributed by atoms with Gasteiger partial charge in [0, 0.05) is 12.9 Å². The molecule has 15 heavy (non-hydrogen) atoms. The van der Waals surface area contributed by atoms with Gasteiger partial charge in [-0.3, -0.25) is 4.99 Å². The van der Waals surface area contributed by atoms with Gasteiger partial charge < -0.3 is 10.1 Å². The smallest absolute Gasteiger partial charge is 0.157 e. The van der Waals surface area contributed by atoms with Crippen molar-refractivity contribution in [2.75, 3.05) is 19.5 Å². The fourth-order valence-corrected chi connectivity index (χ4v) is 2.83. The zero-order valence-electron chi connectivity index (χ0n) is 10.3. The Hall–Kier alpha value is -0.220. The van der Waals surface area contributed by atoms with Crippen molar-refractivity contribution in [1.82, 2.24) is 5.32 Å². The molecule has 0 aliphatic carbocycles. The standard InChI is InChI=1S/C11H22N2OS/c1-8(2)9-6-15-10(12-9)13-11(3,4)7-14-5/h8-9H,6-7H2,1-5H3,(H,12,13)/t9-/m1/s1. The lowest BCUT2D eigenvalue weighted by Gasteiger charge is -2.25. The molecule has 0 saturated carbocycles. The summed E-state index contributed by atoms with van der Waals surface area (Å²) < 4.78 is 5.16. The molecule has 0 aromatic carbocycles. The van der Waals surface area contributed by atoms with E-state index in [1.165, 1.54) is 0 Å². The van der Waals surface area contributed by atoms with E-state index < -0.39 is 0 Å². The van der Waals surface area contributed by atoms with E-state index >= 15 is 0 Å². The van der Waals surface area contributed by atoms with Crippen LogP contribution in [0.5, 0.6) is 0 Å². The summed E-state index contributed by atoms with van der Waals surface area (Å²) in [7, 11) is 1.73. The minimum atomic E-state index is -0.0353. The highest BCUT2D eigenvalue weighted by Gasteiger charge is 2.25. The molecule has 0 bridgehead atoms. The van der Waals surface area contributed by atoms with E-state index in [0.29, 0.717) is 18.6 Å². The maximum absolute atomic E-state index is 5.16. The first kappa shape index (κ1) is 12.8.